The van der Waals surface area contributed by atoms with Gasteiger partial charge in [0.05, 0.1) is 0 Å². The molecule has 1 aromatic carbocycles. The molecule has 0 radical (unpaired) electrons. The van der Waals surface area contributed by atoms with Crippen molar-refractivity contribution in [3.63, 3.8) is 0 Å². The summed E-state index contributed by atoms with van der Waals surface area (Å²) in [6.07, 6.45) is 3.76. The minimum Gasteiger partial charge on any atom is -0.313 e. The van der Waals surface area contributed by atoms with Gasteiger partial charge in [0.25, 0.3) is 0 Å². The third-order valence-corrected chi connectivity index (χ3v) is 3.80. The monoisotopic (exact) mass is 246 g/mol. The van der Waals surface area contributed by atoms with E-state index in [1.165, 1.54) is 19.3 Å². The van der Waals surface area contributed by atoms with E-state index in [1.807, 2.05) is 0 Å². The molecular weight excluding hydrogens is 220 g/mol. The first-order valence-corrected chi connectivity index (χ1v) is 7.16. The van der Waals surface area contributed by atoms with E-state index in [4.69, 9.17) is 0 Å². The number of rotatable bonds is 7. The molecule has 0 saturated carbocycles. The Labute approximate surface area is 111 Å². The van der Waals surface area contributed by atoms with Gasteiger partial charge in [0.2, 0.25) is 0 Å². The maximum Gasteiger partial charge on any atom is 0.0200 e. The van der Waals surface area contributed by atoms with E-state index >= 15 is 0 Å². The highest BCUT2D eigenvalue weighted by atomic mass is 15.1. The first-order chi connectivity index (χ1) is 8.70. The van der Waals surface area contributed by atoms with Crippen LogP contribution in [0.25, 0.3) is 0 Å². The fourth-order valence-electron chi connectivity index (χ4n) is 2.93. The van der Waals surface area contributed by atoms with Crippen LogP contribution in [0.15, 0.2) is 24.3 Å². The Bertz CT molecular complexity index is 373. The summed E-state index contributed by atoms with van der Waals surface area (Å²) >= 11 is 0. The zero-order chi connectivity index (χ0) is 13.0. The van der Waals surface area contributed by atoms with Crippen LogP contribution in [0.3, 0.4) is 0 Å². The number of fused-ring (bicyclic) bond motifs is 1. The second-order valence-electron chi connectivity index (χ2n) is 5.75. The van der Waals surface area contributed by atoms with Crippen LogP contribution in [0, 0.1) is 0 Å². The van der Waals surface area contributed by atoms with Gasteiger partial charge in [-0.2, -0.15) is 0 Å². The third kappa shape index (κ3) is 3.33. The summed E-state index contributed by atoms with van der Waals surface area (Å²) in [4.78, 5) is 2.29. The normalized spacial score (nSPS) is 19.4. The number of benzene rings is 1. The van der Waals surface area contributed by atoms with Crippen molar-refractivity contribution in [2.24, 2.45) is 0 Å². The van der Waals surface area contributed by atoms with E-state index in [1.54, 1.807) is 11.1 Å². The van der Waals surface area contributed by atoms with Crippen LogP contribution in [0.1, 0.15) is 36.8 Å². The van der Waals surface area contributed by atoms with E-state index in [0.29, 0.717) is 6.04 Å². The molecule has 0 aromatic heterocycles. The Hall–Kier alpha value is -0.860. The lowest BCUT2D eigenvalue weighted by Gasteiger charge is -2.34. The first kappa shape index (κ1) is 13.6. The van der Waals surface area contributed by atoms with E-state index in [9.17, 15) is 0 Å². The molecule has 0 fully saturated rings. The lowest BCUT2D eigenvalue weighted by Crippen LogP contribution is -2.41. The molecule has 1 N–H and O–H groups in total. The number of likely N-dealkylation sites (N-methyl/N-ethyl adjacent to an activating group) is 1. The predicted molar refractivity (Wildman–Crippen MR) is 78.1 cm³/mol. The topological polar surface area (TPSA) is 15.3 Å². The molecule has 1 aliphatic carbocycles. The van der Waals surface area contributed by atoms with Crippen LogP contribution in [0.4, 0.5) is 0 Å². The van der Waals surface area contributed by atoms with Crippen molar-refractivity contribution in [1.82, 2.24) is 10.2 Å². The fraction of sp³-hybridized carbons (Fsp3) is 0.625. The summed E-state index contributed by atoms with van der Waals surface area (Å²) in [7, 11) is 4.32. The second kappa shape index (κ2) is 6.35. The van der Waals surface area contributed by atoms with Gasteiger partial charge in [0.1, 0.15) is 0 Å². The molecule has 2 nitrogen and oxygen atoms in total. The number of nitrogens with one attached hydrogen (secondary N) is 1. The van der Waals surface area contributed by atoms with Gasteiger partial charge in [-0.05, 0) is 56.9 Å². The molecule has 18 heavy (non-hydrogen) atoms. The maximum absolute atomic E-state index is 3.69. The third-order valence-electron chi connectivity index (χ3n) is 3.80. The Kier molecular flexibility index (Phi) is 4.79. The SMILES string of the molecule is CCCNC(CC1Cc2ccccc21)CN(C)C. The van der Waals surface area contributed by atoms with Crippen LogP contribution in [-0.2, 0) is 6.42 Å². The summed E-state index contributed by atoms with van der Waals surface area (Å²) in [6, 6.07) is 9.52. The molecule has 2 unspecified atom stereocenters. The number of hydrogen-bond acceptors (Lipinski definition) is 2. The van der Waals surface area contributed by atoms with Crippen molar-refractivity contribution in [2.45, 2.75) is 38.1 Å². The minimum atomic E-state index is 0.623. The van der Waals surface area contributed by atoms with Crippen LogP contribution in [0.5, 0.6) is 0 Å². The molecule has 1 aromatic rings. The molecule has 100 valence electrons. The highest BCUT2D eigenvalue weighted by molar-refractivity contribution is 5.39. The number of nitrogens with zero attached hydrogens (tertiary/aromatic N) is 1. The summed E-state index contributed by atoms with van der Waals surface area (Å²) in [5.74, 6) is 0.774. The first-order valence-electron chi connectivity index (χ1n) is 7.16. The molecule has 0 amide bonds. The smallest absolute Gasteiger partial charge is 0.0200 e. The zero-order valence-corrected chi connectivity index (χ0v) is 11.9. The molecule has 0 bridgehead atoms. The Morgan fingerprint density at radius 1 is 1.33 bits per heavy atom. The minimum absolute atomic E-state index is 0.623. The quantitative estimate of drug-likeness (QED) is 0.795. The molecule has 1 aliphatic rings. The van der Waals surface area contributed by atoms with E-state index < -0.39 is 0 Å². The molecular formula is C16H26N2. The van der Waals surface area contributed by atoms with E-state index in [0.717, 1.165) is 19.0 Å². The summed E-state index contributed by atoms with van der Waals surface area (Å²) < 4.78 is 0. The Morgan fingerprint density at radius 3 is 2.78 bits per heavy atom. The zero-order valence-electron chi connectivity index (χ0n) is 11.9. The van der Waals surface area contributed by atoms with Crippen molar-refractivity contribution in [2.75, 3.05) is 27.2 Å². The molecule has 0 aliphatic heterocycles. The molecule has 0 saturated heterocycles. The molecule has 2 rings (SSSR count). The van der Waals surface area contributed by atoms with Crippen LogP contribution in [0.2, 0.25) is 0 Å². The van der Waals surface area contributed by atoms with Gasteiger partial charge >= 0.3 is 0 Å². The van der Waals surface area contributed by atoms with Crippen molar-refractivity contribution in [1.29, 1.82) is 0 Å². The maximum atomic E-state index is 3.69. The standard InChI is InChI=1S/C16H26N2/c1-4-9-17-15(12-18(2)3)11-14-10-13-7-5-6-8-16(13)14/h5-8,14-15,17H,4,9-12H2,1-3H3. The largest absolute Gasteiger partial charge is 0.313 e. The Balaban J connectivity index is 1.90. The van der Waals surface area contributed by atoms with Gasteiger partial charge in [-0.1, -0.05) is 31.2 Å². The van der Waals surface area contributed by atoms with Crippen molar-refractivity contribution >= 4 is 0 Å². The highest BCUT2D eigenvalue weighted by Gasteiger charge is 2.27. The van der Waals surface area contributed by atoms with E-state index in [2.05, 4.69) is 55.5 Å². The average molecular weight is 246 g/mol. The second-order valence-corrected chi connectivity index (χ2v) is 5.75. The lowest BCUT2D eigenvalue weighted by atomic mass is 9.74. The van der Waals surface area contributed by atoms with Crippen molar-refractivity contribution in [3.8, 4) is 0 Å². The van der Waals surface area contributed by atoms with Gasteiger partial charge in [-0.15, -0.1) is 0 Å². The van der Waals surface area contributed by atoms with Crippen LogP contribution in [-0.4, -0.2) is 38.1 Å². The number of hydrogen-bond donors (Lipinski definition) is 1. The molecule has 0 heterocycles. The van der Waals surface area contributed by atoms with Gasteiger partial charge in [0.15, 0.2) is 0 Å². The predicted octanol–water partition coefficient (Wildman–Crippen LogP) is 2.65. The summed E-state index contributed by atoms with van der Waals surface area (Å²) in [5.41, 5.74) is 3.14. The molecule has 2 atom stereocenters. The van der Waals surface area contributed by atoms with E-state index in [-0.39, 0.29) is 0 Å². The molecule has 0 spiro atoms. The van der Waals surface area contributed by atoms with Gasteiger partial charge in [0, 0.05) is 12.6 Å². The summed E-state index contributed by atoms with van der Waals surface area (Å²) in [5, 5.41) is 3.69. The fourth-order valence-corrected chi connectivity index (χ4v) is 2.93. The van der Waals surface area contributed by atoms with Crippen molar-refractivity contribution < 1.29 is 0 Å². The highest BCUT2D eigenvalue weighted by Crippen LogP contribution is 2.37. The van der Waals surface area contributed by atoms with Crippen LogP contribution >= 0.6 is 0 Å². The molecule has 2 heteroatoms. The van der Waals surface area contributed by atoms with Crippen LogP contribution < -0.4 is 5.32 Å². The summed E-state index contributed by atoms with van der Waals surface area (Å²) in [6.45, 7) is 4.50. The Morgan fingerprint density at radius 2 is 2.11 bits per heavy atom. The van der Waals surface area contributed by atoms with Gasteiger partial charge < -0.3 is 10.2 Å². The van der Waals surface area contributed by atoms with Crippen molar-refractivity contribution in [3.05, 3.63) is 35.4 Å². The average Bonchev–Trinajstić information content (AvgIpc) is 2.32. The van der Waals surface area contributed by atoms with Gasteiger partial charge in [-0.3, -0.25) is 0 Å². The lowest BCUT2D eigenvalue weighted by molar-refractivity contribution is 0.308. The van der Waals surface area contributed by atoms with Gasteiger partial charge in [-0.25, -0.2) is 0 Å².